The van der Waals surface area contributed by atoms with Gasteiger partial charge in [-0.1, -0.05) is 11.8 Å². The van der Waals surface area contributed by atoms with Crippen molar-refractivity contribution in [3.05, 3.63) is 41.6 Å². The van der Waals surface area contributed by atoms with Gasteiger partial charge in [-0.25, -0.2) is 4.39 Å². The number of alkyl halides is 1. The first-order valence-electron chi connectivity index (χ1n) is 13.9. The molecule has 0 bridgehead atoms. The van der Waals surface area contributed by atoms with Gasteiger partial charge in [0.15, 0.2) is 23.0 Å². The van der Waals surface area contributed by atoms with E-state index in [4.69, 9.17) is 23.7 Å². The molecule has 13 heteroatoms. The largest absolute Gasteiger partial charge is 0.493 e. The van der Waals surface area contributed by atoms with Gasteiger partial charge in [-0.15, -0.1) is 24.8 Å². The summed E-state index contributed by atoms with van der Waals surface area (Å²) in [5.41, 5.74) is 2.89. The van der Waals surface area contributed by atoms with Crippen molar-refractivity contribution in [1.82, 2.24) is 14.8 Å². The predicted octanol–water partition coefficient (Wildman–Crippen LogP) is 4.78. The Labute approximate surface area is 269 Å². The smallest absolute Gasteiger partial charge is 0.231 e. The number of hydrogen-bond donors (Lipinski definition) is 1. The van der Waals surface area contributed by atoms with Crippen molar-refractivity contribution < 1.29 is 28.1 Å². The summed E-state index contributed by atoms with van der Waals surface area (Å²) in [4.78, 5) is 9.05. The minimum atomic E-state index is -0.296. The van der Waals surface area contributed by atoms with Crippen molar-refractivity contribution in [2.45, 2.75) is 6.42 Å². The number of pyridine rings is 1. The molecule has 44 heavy (non-hydrogen) atoms. The second kappa shape index (κ2) is 17.0. The lowest BCUT2D eigenvalue weighted by atomic mass is 10.1. The predicted molar refractivity (Wildman–Crippen MR) is 171 cm³/mol. The van der Waals surface area contributed by atoms with Gasteiger partial charge < -0.3 is 33.9 Å². The second-order valence-electron chi connectivity index (χ2n) is 9.84. The maximum atomic E-state index is 12.6. The molecule has 5 rings (SSSR count). The minimum absolute atomic E-state index is 0. The Morgan fingerprint density at radius 1 is 1.00 bits per heavy atom. The number of hydrogen-bond acceptors (Lipinski definition) is 10. The van der Waals surface area contributed by atoms with Crippen LogP contribution in [0.1, 0.15) is 17.5 Å². The lowest BCUT2D eigenvalue weighted by molar-refractivity contribution is 0.120. The molecule has 236 valence electrons. The number of benzene rings is 2. The van der Waals surface area contributed by atoms with Crippen molar-refractivity contribution >= 4 is 47.1 Å². The number of fused-ring (bicyclic) bond motifs is 2. The molecule has 1 aromatic heterocycles. The van der Waals surface area contributed by atoms with E-state index in [9.17, 15) is 9.65 Å². The average Bonchev–Trinajstić information content (AvgIpc) is 3.52. The van der Waals surface area contributed by atoms with Crippen molar-refractivity contribution in [3.63, 3.8) is 0 Å². The molecular weight excluding hydrogens is 612 g/mol. The number of aromatic nitrogens is 1. The van der Waals surface area contributed by atoms with Crippen LogP contribution in [0.3, 0.4) is 0 Å². The van der Waals surface area contributed by atoms with Gasteiger partial charge in [0.25, 0.3) is 0 Å². The maximum absolute atomic E-state index is 12.6. The maximum Gasteiger partial charge on any atom is 0.231 e. The molecule has 2 aromatic carbocycles. The van der Waals surface area contributed by atoms with Crippen LogP contribution in [0.25, 0.3) is 10.9 Å². The summed E-state index contributed by atoms with van der Waals surface area (Å²) in [6.45, 7) is 5.67. The summed E-state index contributed by atoms with van der Waals surface area (Å²) in [6, 6.07) is 9.56. The monoisotopic (exact) mass is 647 g/mol. The molecule has 0 atom stereocenters. The van der Waals surface area contributed by atoms with Crippen LogP contribution in [0.2, 0.25) is 0 Å². The molecule has 2 aliphatic heterocycles. The van der Waals surface area contributed by atoms with Crippen molar-refractivity contribution in [3.8, 4) is 40.9 Å². The minimum Gasteiger partial charge on any atom is -0.493 e. The van der Waals surface area contributed by atoms with Gasteiger partial charge in [-0.05, 0) is 24.6 Å². The quantitative estimate of drug-likeness (QED) is 0.231. The Hall–Kier alpha value is -3.71. The third-order valence-electron chi connectivity index (χ3n) is 7.23. The van der Waals surface area contributed by atoms with Gasteiger partial charge >= 0.3 is 0 Å². The number of rotatable bonds is 11. The van der Waals surface area contributed by atoms with E-state index in [1.165, 1.54) is 6.20 Å². The molecule has 2 aliphatic rings. The fourth-order valence-corrected chi connectivity index (χ4v) is 5.05. The molecular formula is C31H36Cl2FN5O5. The SMILES string of the molecule is COCC#Cc1ccc(Nc2c(C#N)cnc3cc(OCCCN4CCN(CCF)CC4)c(OC)cc23)c2c1OCO2.Cl.Cl. The van der Waals surface area contributed by atoms with E-state index in [0.717, 1.165) is 39.1 Å². The van der Waals surface area contributed by atoms with Crippen LogP contribution in [0.5, 0.6) is 23.0 Å². The van der Waals surface area contributed by atoms with Crippen molar-refractivity contribution in [1.29, 1.82) is 5.26 Å². The molecule has 0 unspecified atom stereocenters. The van der Waals surface area contributed by atoms with Gasteiger partial charge in [0.2, 0.25) is 6.79 Å². The molecule has 0 saturated carbocycles. The summed E-state index contributed by atoms with van der Waals surface area (Å²) in [5.74, 6) is 8.14. The van der Waals surface area contributed by atoms with Gasteiger partial charge in [0.1, 0.15) is 19.4 Å². The van der Waals surface area contributed by atoms with Gasteiger partial charge in [-0.3, -0.25) is 9.88 Å². The zero-order chi connectivity index (χ0) is 29.3. The molecule has 10 nitrogen and oxygen atoms in total. The van der Waals surface area contributed by atoms with Crippen molar-refractivity contribution in [2.24, 2.45) is 0 Å². The van der Waals surface area contributed by atoms with Gasteiger partial charge in [0.05, 0.1) is 41.7 Å². The van der Waals surface area contributed by atoms with Crippen LogP contribution in [-0.4, -0.2) is 95.0 Å². The molecule has 0 spiro atoms. The Bertz CT molecular complexity index is 1520. The lowest BCUT2D eigenvalue weighted by Crippen LogP contribution is -2.47. The van der Waals surface area contributed by atoms with Crippen molar-refractivity contribution in [2.75, 3.05) is 85.5 Å². The van der Waals surface area contributed by atoms with E-state index >= 15 is 0 Å². The molecule has 3 heterocycles. The number of methoxy groups -OCH3 is 2. The molecule has 1 N–H and O–H groups in total. The number of nitriles is 1. The van der Waals surface area contributed by atoms with Crippen LogP contribution in [-0.2, 0) is 4.74 Å². The third-order valence-corrected chi connectivity index (χ3v) is 7.23. The van der Waals surface area contributed by atoms with Crippen LogP contribution in [0.4, 0.5) is 15.8 Å². The number of anilines is 2. The highest BCUT2D eigenvalue weighted by Crippen LogP contribution is 2.44. The summed E-state index contributed by atoms with van der Waals surface area (Å²) >= 11 is 0. The Morgan fingerprint density at radius 2 is 1.75 bits per heavy atom. The Kier molecular flexibility index (Phi) is 13.4. The standard InChI is InChI=1S/C31H34FN5O5.2ClH/c1-38-15-3-5-22-6-7-25(31-30(22)41-21-42-31)35-29-23(19-33)20-34-26-18-28(27(39-2)17-24(26)29)40-16-4-9-36-11-13-37(10-8-32)14-12-36;;/h6-7,17-18,20H,4,8-16,21H2,1-2H3,(H,34,35);2*1H. The highest BCUT2D eigenvalue weighted by molar-refractivity contribution is 5.98. The number of nitrogens with zero attached hydrogens (tertiary/aromatic N) is 4. The third kappa shape index (κ3) is 8.06. The first-order chi connectivity index (χ1) is 20.6. The number of nitrogens with one attached hydrogen (secondary N) is 1. The average molecular weight is 649 g/mol. The summed E-state index contributed by atoms with van der Waals surface area (Å²) in [6.07, 6.45) is 2.38. The normalized spacial score (nSPS) is 14.0. The van der Waals surface area contributed by atoms with E-state index < -0.39 is 0 Å². The lowest BCUT2D eigenvalue weighted by Gasteiger charge is -2.34. The van der Waals surface area contributed by atoms with Crippen LogP contribution >= 0.6 is 24.8 Å². The summed E-state index contributed by atoms with van der Waals surface area (Å²) in [5, 5.41) is 14.0. The van der Waals surface area contributed by atoms with E-state index in [0.29, 0.717) is 76.2 Å². The second-order valence-corrected chi connectivity index (χ2v) is 9.84. The first kappa shape index (κ1) is 34.8. The molecule has 0 radical (unpaired) electrons. The Morgan fingerprint density at radius 3 is 2.45 bits per heavy atom. The number of halogens is 3. The molecule has 1 fully saturated rings. The molecule has 3 aromatic rings. The van der Waals surface area contributed by atoms with E-state index in [2.05, 4.69) is 38.0 Å². The van der Waals surface area contributed by atoms with Crippen LogP contribution < -0.4 is 24.3 Å². The van der Waals surface area contributed by atoms with Crippen LogP contribution in [0.15, 0.2) is 30.5 Å². The van der Waals surface area contributed by atoms with Gasteiger partial charge in [0, 0.05) is 64.0 Å². The van der Waals surface area contributed by atoms with E-state index in [1.54, 1.807) is 14.2 Å². The van der Waals surface area contributed by atoms with E-state index in [1.807, 2.05) is 24.3 Å². The Balaban J connectivity index is 0.00000264. The summed E-state index contributed by atoms with van der Waals surface area (Å²) in [7, 11) is 3.17. The zero-order valence-corrected chi connectivity index (χ0v) is 26.3. The summed E-state index contributed by atoms with van der Waals surface area (Å²) < 4.78 is 40.9. The zero-order valence-electron chi connectivity index (χ0n) is 24.7. The van der Waals surface area contributed by atoms with Gasteiger partial charge in [-0.2, -0.15) is 5.26 Å². The van der Waals surface area contributed by atoms with E-state index in [-0.39, 0.29) is 38.3 Å². The number of ether oxygens (including phenoxy) is 5. The molecule has 0 amide bonds. The highest BCUT2D eigenvalue weighted by Gasteiger charge is 2.23. The topological polar surface area (TPSA) is 101 Å². The number of piperazine rings is 1. The molecule has 1 saturated heterocycles. The fraction of sp³-hybridized carbons (Fsp3) is 0.419. The fourth-order valence-electron chi connectivity index (χ4n) is 5.05. The molecule has 0 aliphatic carbocycles. The first-order valence-corrected chi connectivity index (χ1v) is 13.9. The highest BCUT2D eigenvalue weighted by atomic mass is 35.5. The van der Waals surface area contributed by atoms with Crippen LogP contribution in [0, 0.1) is 23.2 Å².